The van der Waals surface area contributed by atoms with Gasteiger partial charge in [0.15, 0.2) is 11.9 Å². The molecule has 0 radical (unpaired) electrons. The molecule has 3 aromatic rings. The van der Waals surface area contributed by atoms with Gasteiger partial charge in [0.05, 0.1) is 35.2 Å². The summed E-state index contributed by atoms with van der Waals surface area (Å²) in [6, 6.07) is 20.6. The van der Waals surface area contributed by atoms with Gasteiger partial charge in [-0.25, -0.2) is 4.79 Å². The number of para-hydroxylation sites is 2. The van der Waals surface area contributed by atoms with Crippen LogP contribution in [0.5, 0.6) is 0 Å². The fraction of sp³-hybridized carbons (Fsp3) is 0.185. The van der Waals surface area contributed by atoms with Crippen molar-refractivity contribution in [2.24, 2.45) is 10.7 Å². The van der Waals surface area contributed by atoms with Crippen LogP contribution in [0.1, 0.15) is 27.0 Å². The van der Waals surface area contributed by atoms with Crippen molar-refractivity contribution in [1.82, 2.24) is 5.32 Å². The topological polar surface area (TPSA) is 125 Å². The summed E-state index contributed by atoms with van der Waals surface area (Å²) in [6.45, 7) is 1.55. The number of fused-ring (bicyclic) bond motifs is 1. The number of aryl methyl sites for hydroxylation is 1. The maximum absolute atomic E-state index is 14.1. The van der Waals surface area contributed by atoms with E-state index in [4.69, 9.17) is 10.7 Å². The molecule has 8 nitrogen and oxygen atoms in total. The number of nitrogens with two attached hydrogens (primary N) is 1. The normalized spacial score (nSPS) is 16.1. The Hall–Kier alpha value is -3.79. The highest BCUT2D eigenvalue weighted by Gasteiger charge is 2.35. The molecule has 2 atom stereocenters. The van der Waals surface area contributed by atoms with Gasteiger partial charge in [0.1, 0.15) is 0 Å². The molecule has 4 N–H and O–H groups in total. The van der Waals surface area contributed by atoms with E-state index in [-0.39, 0.29) is 29.3 Å². The van der Waals surface area contributed by atoms with Gasteiger partial charge in [0, 0.05) is 16.9 Å². The molecule has 184 valence electrons. The largest absolute Gasteiger partial charge is 0.478 e. The summed E-state index contributed by atoms with van der Waals surface area (Å²) >= 11 is 4.08. The predicted octanol–water partition coefficient (Wildman–Crippen LogP) is 2.95. The first kappa shape index (κ1) is 25.3. The number of amides is 1. The molecule has 1 aliphatic heterocycles. The number of nitrogens with zero attached hydrogens (tertiary/aromatic N) is 2. The van der Waals surface area contributed by atoms with Gasteiger partial charge < -0.3 is 10.8 Å². The molecule has 0 aliphatic carbocycles. The van der Waals surface area contributed by atoms with Crippen molar-refractivity contribution in [1.29, 1.82) is 0 Å². The zero-order valence-electron chi connectivity index (χ0n) is 19.6. The number of ketones is 1. The van der Waals surface area contributed by atoms with Crippen LogP contribution in [0, 0.1) is 6.92 Å². The number of aromatic carboxylic acids is 1. The summed E-state index contributed by atoms with van der Waals surface area (Å²) in [7, 11) is 0. The number of nitrogens with one attached hydrogen (secondary N) is 1. The van der Waals surface area contributed by atoms with E-state index < -0.39 is 24.1 Å². The maximum atomic E-state index is 14.1. The van der Waals surface area contributed by atoms with E-state index >= 15 is 0 Å². The minimum absolute atomic E-state index is 0.0202. The number of carbonyl (C=O) groups excluding carboxylic acids is 2. The van der Waals surface area contributed by atoms with E-state index in [1.807, 2.05) is 42.5 Å². The van der Waals surface area contributed by atoms with Crippen molar-refractivity contribution in [2.45, 2.75) is 19.1 Å². The second-order valence-corrected chi connectivity index (χ2v) is 8.71. The quantitative estimate of drug-likeness (QED) is 0.351. The lowest BCUT2D eigenvalue weighted by Gasteiger charge is -2.28. The molecule has 0 bridgehead atoms. The minimum Gasteiger partial charge on any atom is -0.478 e. The zero-order chi connectivity index (χ0) is 25.8. The van der Waals surface area contributed by atoms with Gasteiger partial charge in [-0.05, 0) is 24.6 Å². The summed E-state index contributed by atoms with van der Waals surface area (Å²) < 4.78 is 0. The van der Waals surface area contributed by atoms with Crippen LogP contribution in [-0.2, 0) is 9.59 Å². The number of carboxylic acid groups (broad SMARTS) is 1. The van der Waals surface area contributed by atoms with Crippen LogP contribution in [0.25, 0.3) is 0 Å². The third-order valence-corrected chi connectivity index (χ3v) is 6.32. The van der Waals surface area contributed by atoms with Crippen molar-refractivity contribution in [3.63, 3.8) is 0 Å². The molecule has 0 spiro atoms. The van der Waals surface area contributed by atoms with Crippen LogP contribution < -0.4 is 16.0 Å². The smallest absolute Gasteiger partial charge is 0.337 e. The number of aliphatic imine (C=N–C) groups is 1. The molecular formula is C27H26N4O4S. The molecule has 36 heavy (non-hydrogen) atoms. The summed E-state index contributed by atoms with van der Waals surface area (Å²) in [6.07, 6.45) is -1.18. The number of Topliss-reactive ketones (excluding diaryl/α,β-unsaturated/α-hetero) is 1. The molecule has 3 aromatic carbocycles. The number of thiol groups is 1. The number of carbonyl (C=O) groups is 3. The number of hydrogen-bond donors (Lipinski definition) is 4. The molecule has 1 heterocycles. The van der Waals surface area contributed by atoms with Crippen molar-refractivity contribution in [3.05, 3.63) is 95.1 Å². The number of hydrogen-bond acceptors (Lipinski definition) is 7. The summed E-state index contributed by atoms with van der Waals surface area (Å²) in [4.78, 5) is 44.8. The number of benzene rings is 3. The van der Waals surface area contributed by atoms with Crippen LogP contribution in [0.2, 0.25) is 0 Å². The van der Waals surface area contributed by atoms with E-state index in [1.54, 1.807) is 31.2 Å². The van der Waals surface area contributed by atoms with Gasteiger partial charge in [-0.3, -0.25) is 24.8 Å². The first-order valence-electron chi connectivity index (χ1n) is 11.4. The molecule has 0 fully saturated rings. The Morgan fingerprint density at radius 3 is 2.47 bits per heavy atom. The van der Waals surface area contributed by atoms with Crippen molar-refractivity contribution >= 4 is 47.4 Å². The van der Waals surface area contributed by atoms with E-state index in [2.05, 4.69) is 17.9 Å². The van der Waals surface area contributed by atoms with Crippen molar-refractivity contribution in [2.75, 3.05) is 17.2 Å². The lowest BCUT2D eigenvalue weighted by atomic mass is 9.99. The molecule has 9 heteroatoms. The van der Waals surface area contributed by atoms with Gasteiger partial charge in [-0.1, -0.05) is 60.7 Å². The maximum Gasteiger partial charge on any atom is 0.337 e. The summed E-state index contributed by atoms with van der Waals surface area (Å²) in [5.74, 6) is -1.82. The third kappa shape index (κ3) is 4.94. The van der Waals surface area contributed by atoms with E-state index in [0.717, 1.165) is 5.56 Å². The first-order valence-corrected chi connectivity index (χ1v) is 12.0. The van der Waals surface area contributed by atoms with E-state index in [1.165, 1.54) is 11.0 Å². The van der Waals surface area contributed by atoms with Gasteiger partial charge in [-0.15, -0.1) is 0 Å². The molecule has 0 saturated carbocycles. The van der Waals surface area contributed by atoms with Gasteiger partial charge in [-0.2, -0.15) is 12.6 Å². The Kier molecular flexibility index (Phi) is 7.64. The van der Waals surface area contributed by atoms with Crippen molar-refractivity contribution in [3.8, 4) is 0 Å². The predicted molar refractivity (Wildman–Crippen MR) is 142 cm³/mol. The standard InChI is InChI=1S/C27H26N4O4S/c1-16-8-7-12-19(27(34)35)24(16)31-21-13-6-5-11-18(21)23(17-9-3-2-4-10-17)30-25(26(31)33)29-14-22(32)20(28)15-36/h2-13,20,25,29,36H,14-15,28H2,1H3,(H,34,35). The molecule has 0 saturated heterocycles. The molecular weight excluding hydrogens is 476 g/mol. The van der Waals surface area contributed by atoms with Crippen LogP contribution in [0.15, 0.2) is 77.8 Å². The highest BCUT2D eigenvalue weighted by atomic mass is 32.1. The van der Waals surface area contributed by atoms with Crippen LogP contribution in [0.3, 0.4) is 0 Å². The first-order chi connectivity index (χ1) is 17.3. The second kappa shape index (κ2) is 10.9. The molecule has 0 aromatic heterocycles. The highest BCUT2D eigenvalue weighted by Crippen LogP contribution is 2.37. The highest BCUT2D eigenvalue weighted by molar-refractivity contribution is 7.80. The molecule has 2 unspecified atom stereocenters. The Morgan fingerprint density at radius 1 is 1.08 bits per heavy atom. The Morgan fingerprint density at radius 2 is 1.78 bits per heavy atom. The van der Waals surface area contributed by atoms with Crippen LogP contribution in [-0.4, -0.2) is 53.0 Å². The molecule has 1 aliphatic rings. The Bertz CT molecular complexity index is 1340. The van der Waals surface area contributed by atoms with E-state index in [9.17, 15) is 19.5 Å². The van der Waals surface area contributed by atoms with Gasteiger partial charge in [0.25, 0.3) is 5.91 Å². The van der Waals surface area contributed by atoms with Gasteiger partial charge >= 0.3 is 5.97 Å². The number of anilines is 2. The zero-order valence-corrected chi connectivity index (χ0v) is 20.5. The average Bonchev–Trinajstić information content (AvgIpc) is 3.01. The minimum atomic E-state index is -1.18. The monoisotopic (exact) mass is 502 g/mol. The Labute approximate surface area is 214 Å². The molecule has 1 amide bonds. The average molecular weight is 503 g/mol. The Balaban J connectivity index is 1.93. The SMILES string of the molecule is Cc1cccc(C(=O)O)c1N1C(=O)C(NCC(=O)C(N)CS)N=C(c2ccccc2)c2ccccc21. The molecule has 4 rings (SSSR count). The number of carboxylic acids is 1. The summed E-state index contributed by atoms with van der Waals surface area (Å²) in [5, 5.41) is 12.9. The van der Waals surface area contributed by atoms with Gasteiger partial charge in [0.2, 0.25) is 0 Å². The fourth-order valence-corrected chi connectivity index (χ4v) is 4.32. The van der Waals surface area contributed by atoms with Crippen molar-refractivity contribution < 1.29 is 19.5 Å². The summed E-state index contributed by atoms with van der Waals surface area (Å²) in [5.41, 5.74) is 9.10. The number of rotatable bonds is 8. The lowest BCUT2D eigenvalue weighted by Crippen LogP contribution is -2.48. The van der Waals surface area contributed by atoms with E-state index in [0.29, 0.717) is 22.5 Å². The second-order valence-electron chi connectivity index (χ2n) is 8.35. The number of benzodiazepines with no additional fused rings is 1. The lowest BCUT2D eigenvalue weighted by molar-refractivity contribution is -0.121. The fourth-order valence-electron chi connectivity index (χ4n) is 4.11. The van der Waals surface area contributed by atoms with Crippen LogP contribution >= 0.6 is 12.6 Å². The van der Waals surface area contributed by atoms with Crippen LogP contribution in [0.4, 0.5) is 11.4 Å². The third-order valence-electron chi connectivity index (χ3n) is 5.93.